The molecular weight excluding hydrogens is 230 g/mol. The van der Waals surface area contributed by atoms with Crippen LogP contribution in [0.4, 0.5) is 0 Å². The zero-order chi connectivity index (χ0) is 12.7. The first-order chi connectivity index (χ1) is 7.89. The van der Waals surface area contributed by atoms with Gasteiger partial charge in [0.15, 0.2) is 0 Å². The van der Waals surface area contributed by atoms with Crippen LogP contribution in [0.1, 0.15) is 55.9 Å². The van der Waals surface area contributed by atoms with Gasteiger partial charge < -0.3 is 10.8 Å². The highest BCUT2D eigenvalue weighted by atomic mass is 32.1. The monoisotopic (exact) mass is 253 g/mol. The van der Waals surface area contributed by atoms with Gasteiger partial charge in [-0.25, -0.2) is 0 Å². The van der Waals surface area contributed by atoms with E-state index in [-0.39, 0.29) is 16.9 Å². The van der Waals surface area contributed by atoms with Crippen LogP contribution in [0.5, 0.6) is 0 Å². The quantitative estimate of drug-likeness (QED) is 0.869. The van der Waals surface area contributed by atoms with E-state index in [1.807, 2.05) is 0 Å². The third-order valence-electron chi connectivity index (χ3n) is 3.97. The molecule has 0 spiro atoms. The van der Waals surface area contributed by atoms with E-state index in [9.17, 15) is 5.11 Å². The van der Waals surface area contributed by atoms with E-state index in [0.717, 1.165) is 17.7 Å². The maximum atomic E-state index is 10.5. The van der Waals surface area contributed by atoms with Gasteiger partial charge in [0.05, 0.1) is 6.10 Å². The number of rotatable bonds is 3. The van der Waals surface area contributed by atoms with Gasteiger partial charge in [0.2, 0.25) is 0 Å². The second kappa shape index (κ2) is 4.38. The molecule has 1 fully saturated rings. The van der Waals surface area contributed by atoms with Gasteiger partial charge in [0.1, 0.15) is 0 Å². The Morgan fingerprint density at radius 3 is 2.41 bits per heavy atom. The Bertz CT molecular complexity index is 382. The van der Waals surface area contributed by atoms with E-state index in [1.165, 1.54) is 11.3 Å². The molecule has 0 saturated heterocycles. The van der Waals surface area contributed by atoms with Crippen molar-refractivity contribution in [1.29, 1.82) is 0 Å². The number of hydrogen-bond donors (Lipinski definition) is 2. The number of thiophene rings is 1. The maximum absolute atomic E-state index is 10.5. The molecular formula is C14H23NOS. The lowest BCUT2D eigenvalue weighted by atomic mass is 9.65. The molecule has 1 heterocycles. The van der Waals surface area contributed by atoms with Crippen molar-refractivity contribution in [2.45, 2.75) is 51.6 Å². The number of hydrogen-bond acceptors (Lipinski definition) is 3. The molecule has 1 saturated carbocycles. The summed E-state index contributed by atoms with van der Waals surface area (Å²) in [6.45, 7) is 7.21. The molecule has 3 heteroatoms. The highest BCUT2D eigenvalue weighted by Crippen LogP contribution is 2.51. The Kier molecular flexibility index (Phi) is 3.36. The minimum atomic E-state index is -0.373. The smallest absolute Gasteiger partial charge is 0.0950 e. The second-order valence-corrected chi connectivity index (χ2v) is 7.39. The lowest BCUT2D eigenvalue weighted by molar-refractivity contribution is -0.0275. The number of aliphatic hydroxyl groups is 1. The zero-order valence-corrected chi connectivity index (χ0v) is 11.8. The Hall–Kier alpha value is -0.380. The molecule has 0 amide bonds. The van der Waals surface area contributed by atoms with Crippen molar-refractivity contribution in [3.05, 3.63) is 21.9 Å². The Labute approximate surface area is 108 Å². The van der Waals surface area contributed by atoms with Crippen LogP contribution < -0.4 is 5.73 Å². The molecule has 2 nitrogen and oxygen atoms in total. The van der Waals surface area contributed by atoms with Crippen molar-refractivity contribution in [3.63, 3.8) is 0 Å². The second-order valence-electron chi connectivity index (χ2n) is 6.27. The molecule has 1 atom stereocenters. The SMILES string of the molecule is CC(C)(C)c1ccc(C(O)C2(CN)CCC2)s1. The Balaban J connectivity index is 2.20. The first kappa shape index (κ1) is 13.1. The predicted octanol–water partition coefficient (Wildman–Crippen LogP) is 3.21. The van der Waals surface area contributed by atoms with Crippen molar-refractivity contribution in [1.82, 2.24) is 0 Å². The Morgan fingerprint density at radius 1 is 1.41 bits per heavy atom. The molecule has 1 aliphatic carbocycles. The summed E-state index contributed by atoms with van der Waals surface area (Å²) in [5, 5.41) is 10.5. The summed E-state index contributed by atoms with van der Waals surface area (Å²) in [5.41, 5.74) is 5.97. The molecule has 0 bridgehead atoms. The lowest BCUT2D eigenvalue weighted by Gasteiger charge is -2.44. The third kappa shape index (κ3) is 2.28. The van der Waals surface area contributed by atoms with Crippen molar-refractivity contribution in [2.75, 3.05) is 6.54 Å². The number of aliphatic hydroxyl groups excluding tert-OH is 1. The summed E-state index contributed by atoms with van der Waals surface area (Å²) in [6, 6.07) is 4.22. The average molecular weight is 253 g/mol. The molecule has 2 rings (SSSR count). The molecule has 0 radical (unpaired) electrons. The van der Waals surface area contributed by atoms with Gasteiger partial charge in [-0.1, -0.05) is 27.2 Å². The standard InChI is InChI=1S/C14H23NOS/c1-13(2,3)11-6-5-10(17-11)12(16)14(9-15)7-4-8-14/h5-6,12,16H,4,7-9,15H2,1-3H3. The summed E-state index contributed by atoms with van der Waals surface area (Å²) < 4.78 is 0. The summed E-state index contributed by atoms with van der Waals surface area (Å²) in [5.74, 6) is 0. The predicted molar refractivity (Wildman–Crippen MR) is 73.3 cm³/mol. The van der Waals surface area contributed by atoms with E-state index in [1.54, 1.807) is 11.3 Å². The first-order valence-corrected chi connectivity index (χ1v) is 7.19. The van der Waals surface area contributed by atoms with Crippen LogP contribution >= 0.6 is 11.3 Å². The van der Waals surface area contributed by atoms with Crippen LogP contribution in [-0.2, 0) is 5.41 Å². The molecule has 3 N–H and O–H groups in total. The van der Waals surface area contributed by atoms with E-state index < -0.39 is 0 Å². The summed E-state index contributed by atoms with van der Waals surface area (Å²) in [6.07, 6.45) is 2.95. The maximum Gasteiger partial charge on any atom is 0.0950 e. The summed E-state index contributed by atoms with van der Waals surface area (Å²) >= 11 is 1.73. The third-order valence-corrected chi connectivity index (χ3v) is 5.53. The van der Waals surface area contributed by atoms with Crippen molar-refractivity contribution in [3.8, 4) is 0 Å². The lowest BCUT2D eigenvalue weighted by Crippen LogP contribution is -2.42. The summed E-state index contributed by atoms with van der Waals surface area (Å²) in [4.78, 5) is 2.41. The fourth-order valence-corrected chi connectivity index (χ4v) is 3.62. The largest absolute Gasteiger partial charge is 0.387 e. The fraction of sp³-hybridized carbons (Fsp3) is 0.714. The topological polar surface area (TPSA) is 46.2 Å². The molecule has 17 heavy (non-hydrogen) atoms. The van der Waals surface area contributed by atoms with Gasteiger partial charge >= 0.3 is 0 Å². The van der Waals surface area contributed by atoms with Crippen molar-refractivity contribution >= 4 is 11.3 Å². The minimum Gasteiger partial charge on any atom is -0.387 e. The van der Waals surface area contributed by atoms with E-state index in [4.69, 9.17) is 5.73 Å². The molecule has 1 aromatic heterocycles. The van der Waals surface area contributed by atoms with Crippen LogP contribution in [0.3, 0.4) is 0 Å². The van der Waals surface area contributed by atoms with Crippen LogP contribution in [-0.4, -0.2) is 11.7 Å². The van der Waals surface area contributed by atoms with Crippen LogP contribution in [0.2, 0.25) is 0 Å². The van der Waals surface area contributed by atoms with E-state index in [0.29, 0.717) is 6.54 Å². The van der Waals surface area contributed by atoms with Gasteiger partial charge in [-0.05, 0) is 30.4 Å². The van der Waals surface area contributed by atoms with Gasteiger partial charge in [0.25, 0.3) is 0 Å². The van der Waals surface area contributed by atoms with Gasteiger partial charge in [-0.3, -0.25) is 0 Å². The van der Waals surface area contributed by atoms with Crippen molar-refractivity contribution < 1.29 is 5.11 Å². The average Bonchev–Trinajstić information content (AvgIpc) is 2.64. The molecule has 0 aliphatic heterocycles. The van der Waals surface area contributed by atoms with Crippen LogP contribution in [0.25, 0.3) is 0 Å². The van der Waals surface area contributed by atoms with Gasteiger partial charge in [-0.15, -0.1) is 11.3 Å². The molecule has 1 unspecified atom stereocenters. The fourth-order valence-electron chi connectivity index (χ4n) is 2.42. The van der Waals surface area contributed by atoms with E-state index in [2.05, 4.69) is 32.9 Å². The molecule has 96 valence electrons. The first-order valence-electron chi connectivity index (χ1n) is 6.37. The van der Waals surface area contributed by atoms with Crippen LogP contribution in [0.15, 0.2) is 12.1 Å². The van der Waals surface area contributed by atoms with Crippen molar-refractivity contribution in [2.24, 2.45) is 11.1 Å². The minimum absolute atomic E-state index is 0.0417. The number of nitrogens with two attached hydrogens (primary N) is 1. The highest BCUT2D eigenvalue weighted by Gasteiger charge is 2.43. The zero-order valence-electron chi connectivity index (χ0n) is 11.0. The molecule has 1 aliphatic rings. The molecule has 0 aromatic carbocycles. The molecule has 1 aromatic rings. The van der Waals surface area contributed by atoms with E-state index >= 15 is 0 Å². The highest BCUT2D eigenvalue weighted by molar-refractivity contribution is 7.12. The van der Waals surface area contributed by atoms with Gasteiger partial charge in [0, 0.05) is 21.7 Å². The normalized spacial score (nSPS) is 21.0. The van der Waals surface area contributed by atoms with Gasteiger partial charge in [-0.2, -0.15) is 0 Å². The van der Waals surface area contributed by atoms with Crippen LogP contribution in [0, 0.1) is 5.41 Å². The summed E-state index contributed by atoms with van der Waals surface area (Å²) in [7, 11) is 0. The Morgan fingerprint density at radius 2 is 2.06 bits per heavy atom.